The molecular formula is C17H11N3O2. The first-order valence-electron chi connectivity index (χ1n) is 6.80. The summed E-state index contributed by atoms with van der Waals surface area (Å²) in [5, 5.41) is 4.81. The summed E-state index contributed by atoms with van der Waals surface area (Å²) in [4.78, 5) is 20.0. The van der Waals surface area contributed by atoms with E-state index in [4.69, 9.17) is 4.42 Å². The van der Waals surface area contributed by atoms with E-state index in [1.54, 1.807) is 6.07 Å². The Morgan fingerprint density at radius 3 is 2.73 bits per heavy atom. The van der Waals surface area contributed by atoms with Crippen molar-refractivity contribution in [1.29, 1.82) is 0 Å². The molecule has 1 N–H and O–H groups in total. The van der Waals surface area contributed by atoms with Gasteiger partial charge in [0.15, 0.2) is 0 Å². The molecule has 2 heterocycles. The van der Waals surface area contributed by atoms with Gasteiger partial charge < -0.3 is 9.73 Å². The second kappa shape index (κ2) is 4.96. The first-order chi connectivity index (χ1) is 10.8. The van der Waals surface area contributed by atoms with E-state index in [9.17, 15) is 4.79 Å². The molecule has 5 nitrogen and oxygen atoms in total. The van der Waals surface area contributed by atoms with Crippen LogP contribution >= 0.6 is 0 Å². The van der Waals surface area contributed by atoms with Crippen LogP contribution in [0.5, 0.6) is 0 Å². The van der Waals surface area contributed by atoms with Gasteiger partial charge in [-0.15, -0.1) is 0 Å². The summed E-state index contributed by atoms with van der Waals surface area (Å²) in [6.07, 6.45) is 4.45. The Labute approximate surface area is 125 Å². The van der Waals surface area contributed by atoms with E-state index >= 15 is 0 Å². The molecular weight excluding hydrogens is 278 g/mol. The smallest absolute Gasteiger partial charge is 0.275 e. The van der Waals surface area contributed by atoms with E-state index in [0.29, 0.717) is 5.69 Å². The van der Waals surface area contributed by atoms with Crippen molar-refractivity contribution >= 4 is 33.5 Å². The van der Waals surface area contributed by atoms with Crippen molar-refractivity contribution in [2.24, 2.45) is 0 Å². The lowest BCUT2D eigenvalue weighted by atomic mass is 10.1. The standard InChI is InChI=1S/C17H11N3O2/c21-17(14-10-18-7-8-19-14)20-11-5-6-16-13(9-11)12-3-1-2-4-15(12)22-16/h1-10H,(H,20,21). The molecule has 2 aromatic carbocycles. The van der Waals surface area contributed by atoms with Crippen molar-refractivity contribution in [3.63, 3.8) is 0 Å². The first-order valence-corrected chi connectivity index (χ1v) is 6.80. The predicted molar refractivity (Wildman–Crippen MR) is 83.7 cm³/mol. The third kappa shape index (κ3) is 2.09. The highest BCUT2D eigenvalue weighted by molar-refractivity contribution is 6.08. The van der Waals surface area contributed by atoms with Crippen LogP contribution in [0.25, 0.3) is 21.9 Å². The number of aromatic nitrogens is 2. The van der Waals surface area contributed by atoms with Gasteiger partial charge in [-0.05, 0) is 24.3 Å². The van der Waals surface area contributed by atoms with Gasteiger partial charge in [0.05, 0.1) is 6.20 Å². The zero-order chi connectivity index (χ0) is 14.9. The molecule has 0 saturated carbocycles. The maximum Gasteiger partial charge on any atom is 0.275 e. The van der Waals surface area contributed by atoms with E-state index < -0.39 is 0 Å². The van der Waals surface area contributed by atoms with E-state index in [0.717, 1.165) is 21.9 Å². The van der Waals surface area contributed by atoms with Crippen LogP contribution in [-0.4, -0.2) is 15.9 Å². The highest BCUT2D eigenvalue weighted by Crippen LogP contribution is 2.30. The van der Waals surface area contributed by atoms with Crippen LogP contribution in [0.15, 0.2) is 65.5 Å². The fourth-order valence-corrected chi connectivity index (χ4v) is 2.42. The van der Waals surface area contributed by atoms with Gasteiger partial charge in [-0.3, -0.25) is 9.78 Å². The number of furan rings is 1. The largest absolute Gasteiger partial charge is 0.456 e. The van der Waals surface area contributed by atoms with Crippen molar-refractivity contribution in [1.82, 2.24) is 9.97 Å². The molecule has 0 radical (unpaired) electrons. The molecule has 22 heavy (non-hydrogen) atoms. The summed E-state index contributed by atoms with van der Waals surface area (Å²) in [5.41, 5.74) is 2.59. The third-order valence-electron chi connectivity index (χ3n) is 3.43. The molecule has 5 heteroatoms. The number of para-hydroxylation sites is 1. The molecule has 0 atom stereocenters. The minimum atomic E-state index is -0.291. The second-order valence-electron chi connectivity index (χ2n) is 4.85. The van der Waals surface area contributed by atoms with Crippen LogP contribution in [0.2, 0.25) is 0 Å². The second-order valence-corrected chi connectivity index (χ2v) is 4.85. The molecule has 0 fully saturated rings. The molecule has 0 bridgehead atoms. The van der Waals surface area contributed by atoms with Crippen LogP contribution < -0.4 is 5.32 Å². The van der Waals surface area contributed by atoms with Gasteiger partial charge in [-0.2, -0.15) is 0 Å². The number of carbonyl (C=O) groups is 1. The molecule has 0 aliphatic heterocycles. The van der Waals surface area contributed by atoms with Gasteiger partial charge in [0, 0.05) is 28.9 Å². The Kier molecular flexibility index (Phi) is 2.83. The van der Waals surface area contributed by atoms with Crippen LogP contribution in [-0.2, 0) is 0 Å². The maximum atomic E-state index is 12.1. The summed E-state index contributed by atoms with van der Waals surface area (Å²) < 4.78 is 5.76. The molecule has 0 spiro atoms. The number of hydrogen-bond donors (Lipinski definition) is 1. The van der Waals surface area contributed by atoms with Gasteiger partial charge in [0.25, 0.3) is 5.91 Å². The summed E-state index contributed by atoms with van der Waals surface area (Å²) in [6, 6.07) is 13.4. The summed E-state index contributed by atoms with van der Waals surface area (Å²) in [6.45, 7) is 0. The zero-order valence-electron chi connectivity index (χ0n) is 11.5. The number of amides is 1. The van der Waals surface area contributed by atoms with Crippen LogP contribution in [0.3, 0.4) is 0 Å². The van der Waals surface area contributed by atoms with Crippen molar-refractivity contribution in [3.05, 3.63) is 66.7 Å². The number of rotatable bonds is 2. The predicted octanol–water partition coefficient (Wildman–Crippen LogP) is 3.63. The first kappa shape index (κ1) is 12.5. The molecule has 0 aliphatic carbocycles. The summed E-state index contributed by atoms with van der Waals surface area (Å²) >= 11 is 0. The monoisotopic (exact) mass is 289 g/mol. The van der Waals surface area contributed by atoms with Crippen molar-refractivity contribution < 1.29 is 9.21 Å². The molecule has 1 amide bonds. The Morgan fingerprint density at radius 2 is 1.86 bits per heavy atom. The Hall–Kier alpha value is -3.21. The Morgan fingerprint density at radius 1 is 1.00 bits per heavy atom. The van der Waals surface area contributed by atoms with Crippen molar-refractivity contribution in [3.8, 4) is 0 Å². The molecule has 4 rings (SSSR count). The number of anilines is 1. The molecule has 0 saturated heterocycles. The lowest BCUT2D eigenvalue weighted by Gasteiger charge is -2.04. The lowest BCUT2D eigenvalue weighted by Crippen LogP contribution is -2.13. The van der Waals surface area contributed by atoms with Gasteiger partial charge >= 0.3 is 0 Å². The van der Waals surface area contributed by atoms with Gasteiger partial charge in [0.2, 0.25) is 0 Å². The fraction of sp³-hybridized carbons (Fsp3) is 0. The highest BCUT2D eigenvalue weighted by atomic mass is 16.3. The number of nitrogens with zero attached hydrogens (tertiary/aromatic N) is 2. The number of carbonyl (C=O) groups excluding carboxylic acids is 1. The minimum absolute atomic E-state index is 0.277. The van der Waals surface area contributed by atoms with Crippen LogP contribution in [0.4, 0.5) is 5.69 Å². The SMILES string of the molecule is O=C(Nc1ccc2oc3ccccc3c2c1)c1cnccn1. The minimum Gasteiger partial charge on any atom is -0.456 e. The maximum absolute atomic E-state index is 12.1. The fourth-order valence-electron chi connectivity index (χ4n) is 2.42. The van der Waals surface area contributed by atoms with E-state index in [1.807, 2.05) is 36.4 Å². The Balaban J connectivity index is 1.73. The van der Waals surface area contributed by atoms with E-state index in [1.165, 1.54) is 18.6 Å². The van der Waals surface area contributed by atoms with Gasteiger partial charge in [0.1, 0.15) is 16.9 Å². The lowest BCUT2D eigenvalue weighted by molar-refractivity contribution is 0.102. The van der Waals surface area contributed by atoms with Crippen LogP contribution in [0, 0.1) is 0 Å². The van der Waals surface area contributed by atoms with E-state index in [-0.39, 0.29) is 11.6 Å². The molecule has 0 unspecified atom stereocenters. The van der Waals surface area contributed by atoms with Gasteiger partial charge in [-0.1, -0.05) is 18.2 Å². The third-order valence-corrected chi connectivity index (χ3v) is 3.43. The molecule has 4 aromatic rings. The number of fused-ring (bicyclic) bond motifs is 3. The average Bonchev–Trinajstić information content (AvgIpc) is 2.94. The number of hydrogen-bond acceptors (Lipinski definition) is 4. The van der Waals surface area contributed by atoms with Crippen LogP contribution in [0.1, 0.15) is 10.5 Å². The Bertz CT molecular complexity index is 977. The number of nitrogens with one attached hydrogen (secondary N) is 1. The molecule has 0 aliphatic rings. The highest BCUT2D eigenvalue weighted by Gasteiger charge is 2.10. The number of benzene rings is 2. The quantitative estimate of drug-likeness (QED) is 0.612. The topological polar surface area (TPSA) is 68.0 Å². The van der Waals surface area contributed by atoms with Crippen molar-refractivity contribution in [2.45, 2.75) is 0 Å². The summed E-state index contributed by atoms with van der Waals surface area (Å²) in [7, 11) is 0. The van der Waals surface area contributed by atoms with Crippen molar-refractivity contribution in [2.75, 3.05) is 5.32 Å². The van der Waals surface area contributed by atoms with Gasteiger partial charge in [-0.25, -0.2) is 4.98 Å². The average molecular weight is 289 g/mol. The zero-order valence-corrected chi connectivity index (χ0v) is 11.5. The van der Waals surface area contributed by atoms with E-state index in [2.05, 4.69) is 15.3 Å². The summed E-state index contributed by atoms with van der Waals surface area (Å²) in [5.74, 6) is -0.291. The normalized spacial score (nSPS) is 10.9. The molecule has 2 aromatic heterocycles. The molecule has 106 valence electrons.